The molecule has 0 aliphatic carbocycles. The zero-order chi connectivity index (χ0) is 38.9. The number of hydrogen-bond acceptors (Lipinski definition) is 11. The zero-order valence-corrected chi connectivity index (χ0v) is 31.9. The van der Waals surface area contributed by atoms with E-state index >= 15 is 0 Å². The van der Waals surface area contributed by atoms with Gasteiger partial charge in [0.1, 0.15) is 5.60 Å². The van der Waals surface area contributed by atoms with Crippen molar-refractivity contribution in [1.82, 2.24) is 5.32 Å². The molecule has 3 aromatic carbocycles. The van der Waals surface area contributed by atoms with Crippen LogP contribution in [0.25, 0.3) is 0 Å². The number of carboxylic acids is 1. The van der Waals surface area contributed by atoms with E-state index in [2.05, 4.69) is 41.7 Å². The molecule has 0 radical (unpaired) electrons. The first-order chi connectivity index (χ1) is 27.1. The Morgan fingerprint density at radius 1 is 0.436 bits per heavy atom. The van der Waals surface area contributed by atoms with Crippen molar-refractivity contribution in [1.29, 1.82) is 0 Å². The molecule has 0 atom stereocenters. The average Bonchev–Trinajstić information content (AvgIpc) is 3.22. The molecule has 2 N–H and O–H groups in total. The van der Waals surface area contributed by atoms with Gasteiger partial charge in [0.15, 0.2) is 0 Å². The Morgan fingerprint density at radius 3 is 1.07 bits per heavy atom. The monoisotopic (exact) mass is 769 g/mol. The lowest BCUT2D eigenvalue weighted by molar-refractivity contribution is -0.138. The van der Waals surface area contributed by atoms with Gasteiger partial charge < -0.3 is 53.1 Å². The van der Waals surface area contributed by atoms with Crippen molar-refractivity contribution in [3.63, 3.8) is 0 Å². The minimum Gasteiger partial charge on any atom is -0.481 e. The Bertz CT molecular complexity index is 1270. The summed E-state index contributed by atoms with van der Waals surface area (Å²) >= 11 is 0. The van der Waals surface area contributed by atoms with Crippen molar-refractivity contribution in [2.24, 2.45) is 0 Å². The van der Waals surface area contributed by atoms with E-state index in [4.69, 9.17) is 47.7 Å². The third kappa shape index (κ3) is 20.1. The van der Waals surface area contributed by atoms with Gasteiger partial charge in [-0.3, -0.25) is 9.59 Å². The van der Waals surface area contributed by atoms with Gasteiger partial charge in [-0.25, -0.2) is 0 Å². The second-order valence-corrected chi connectivity index (χ2v) is 12.1. The number of carboxylic acid groups (broad SMARTS) is 1. The van der Waals surface area contributed by atoms with Crippen LogP contribution in [0, 0.1) is 0 Å². The van der Waals surface area contributed by atoms with Crippen LogP contribution in [-0.2, 0) is 57.8 Å². The summed E-state index contributed by atoms with van der Waals surface area (Å²) in [6, 6.07) is 30.9. The van der Waals surface area contributed by atoms with E-state index < -0.39 is 11.6 Å². The molecule has 0 aromatic heterocycles. The zero-order valence-electron chi connectivity index (χ0n) is 31.9. The smallest absolute Gasteiger partial charge is 0.303 e. The summed E-state index contributed by atoms with van der Waals surface area (Å²) in [6.45, 7) is 8.33. The van der Waals surface area contributed by atoms with Crippen molar-refractivity contribution < 1.29 is 57.3 Å². The molecular formula is C42H59NO12. The molecule has 0 unspecified atom stereocenters. The number of ether oxygens (including phenoxy) is 9. The van der Waals surface area contributed by atoms with Crippen molar-refractivity contribution in [2.45, 2.75) is 24.9 Å². The highest BCUT2D eigenvalue weighted by Crippen LogP contribution is 2.40. The van der Waals surface area contributed by atoms with Gasteiger partial charge in [0, 0.05) is 19.6 Å². The number of amides is 1. The Morgan fingerprint density at radius 2 is 0.745 bits per heavy atom. The molecule has 0 saturated carbocycles. The predicted octanol–water partition coefficient (Wildman–Crippen LogP) is 4.50. The van der Waals surface area contributed by atoms with Crippen LogP contribution in [0.15, 0.2) is 91.0 Å². The van der Waals surface area contributed by atoms with Crippen LogP contribution in [0.4, 0.5) is 0 Å². The summed E-state index contributed by atoms with van der Waals surface area (Å²) in [5.74, 6) is -1.25. The Balaban J connectivity index is 1.07. The lowest BCUT2D eigenvalue weighted by atomic mass is 9.80. The van der Waals surface area contributed by atoms with Crippen molar-refractivity contribution in [3.05, 3.63) is 108 Å². The number of carbonyl (C=O) groups excluding carboxylic acids is 1. The number of benzene rings is 3. The van der Waals surface area contributed by atoms with E-state index in [1.807, 2.05) is 54.6 Å². The second-order valence-electron chi connectivity index (χ2n) is 12.1. The number of hydrogen-bond donors (Lipinski definition) is 2. The molecule has 0 bridgehead atoms. The molecule has 0 aliphatic rings. The fraction of sp³-hybridized carbons (Fsp3) is 0.524. The minimum atomic E-state index is -0.983. The molecule has 0 heterocycles. The summed E-state index contributed by atoms with van der Waals surface area (Å²) in [5, 5.41) is 11.2. The summed E-state index contributed by atoms with van der Waals surface area (Å²) in [4.78, 5) is 21.8. The third-order valence-corrected chi connectivity index (χ3v) is 8.04. The maximum Gasteiger partial charge on any atom is 0.303 e. The molecule has 55 heavy (non-hydrogen) atoms. The largest absolute Gasteiger partial charge is 0.481 e. The maximum atomic E-state index is 11.4. The summed E-state index contributed by atoms with van der Waals surface area (Å²) < 4.78 is 51.2. The van der Waals surface area contributed by atoms with Crippen LogP contribution >= 0.6 is 0 Å². The molecular weight excluding hydrogens is 710 g/mol. The van der Waals surface area contributed by atoms with E-state index in [9.17, 15) is 9.59 Å². The Labute approximate surface area is 325 Å². The highest BCUT2D eigenvalue weighted by atomic mass is 16.6. The highest BCUT2D eigenvalue weighted by molar-refractivity contribution is 5.80. The fourth-order valence-electron chi connectivity index (χ4n) is 5.37. The fourth-order valence-corrected chi connectivity index (χ4v) is 5.37. The molecule has 13 nitrogen and oxygen atoms in total. The number of aliphatic carboxylic acids is 1. The van der Waals surface area contributed by atoms with E-state index in [0.717, 1.165) is 16.7 Å². The molecule has 3 rings (SSSR count). The first-order valence-corrected chi connectivity index (χ1v) is 19.0. The minimum absolute atomic E-state index is 0.0118. The van der Waals surface area contributed by atoms with E-state index in [1.54, 1.807) is 0 Å². The lowest BCUT2D eigenvalue weighted by Crippen LogP contribution is -2.34. The first kappa shape index (κ1) is 45.6. The van der Waals surface area contributed by atoms with Gasteiger partial charge >= 0.3 is 5.97 Å². The van der Waals surface area contributed by atoms with E-state index in [0.29, 0.717) is 125 Å². The van der Waals surface area contributed by atoms with Gasteiger partial charge in [-0.15, -0.1) is 0 Å². The van der Waals surface area contributed by atoms with Crippen LogP contribution < -0.4 is 5.32 Å². The van der Waals surface area contributed by atoms with Gasteiger partial charge in [-0.2, -0.15) is 0 Å². The van der Waals surface area contributed by atoms with Crippen molar-refractivity contribution >= 4 is 11.9 Å². The Hall–Kier alpha value is -3.76. The highest BCUT2D eigenvalue weighted by Gasteiger charge is 2.37. The molecule has 0 fully saturated rings. The lowest BCUT2D eigenvalue weighted by Gasteiger charge is -2.36. The number of carbonyl (C=O) groups is 2. The predicted molar refractivity (Wildman–Crippen MR) is 206 cm³/mol. The van der Waals surface area contributed by atoms with Gasteiger partial charge in [-0.1, -0.05) is 91.0 Å². The number of nitrogens with one attached hydrogen (secondary N) is 1. The maximum absolute atomic E-state index is 11.4. The molecule has 3 aromatic rings. The van der Waals surface area contributed by atoms with Crippen LogP contribution in [0.5, 0.6) is 0 Å². The van der Waals surface area contributed by atoms with Gasteiger partial charge in [0.2, 0.25) is 5.91 Å². The first-order valence-electron chi connectivity index (χ1n) is 19.0. The topological polar surface area (TPSA) is 149 Å². The van der Waals surface area contributed by atoms with Crippen LogP contribution in [-0.4, -0.2) is 136 Å². The summed E-state index contributed by atoms with van der Waals surface area (Å²) in [6.07, 6.45) is 0.472. The summed E-state index contributed by atoms with van der Waals surface area (Å²) in [5.41, 5.74) is 2.42. The molecule has 0 spiro atoms. The Kier molecular flexibility index (Phi) is 25.3. The van der Waals surface area contributed by atoms with Crippen LogP contribution in [0.3, 0.4) is 0 Å². The molecule has 0 saturated heterocycles. The normalized spacial score (nSPS) is 11.5. The average molecular weight is 770 g/mol. The van der Waals surface area contributed by atoms with Crippen LogP contribution in [0.1, 0.15) is 36.0 Å². The van der Waals surface area contributed by atoms with Gasteiger partial charge in [-0.05, 0) is 23.1 Å². The van der Waals surface area contributed by atoms with Crippen LogP contribution in [0.2, 0.25) is 0 Å². The van der Waals surface area contributed by atoms with Gasteiger partial charge in [0.25, 0.3) is 0 Å². The molecule has 1 amide bonds. The summed E-state index contributed by atoms with van der Waals surface area (Å²) in [7, 11) is 0. The molecule has 304 valence electrons. The second kappa shape index (κ2) is 30.5. The van der Waals surface area contributed by atoms with Crippen molar-refractivity contribution in [3.8, 4) is 0 Å². The SMILES string of the molecule is O=C(O)CCC(=O)NCCCOCCOCCOCCOCCOCCOCCOCCOCCOC(c1ccccc1)(c1ccccc1)c1ccccc1. The van der Waals surface area contributed by atoms with E-state index in [-0.39, 0.29) is 18.7 Å². The molecule has 13 heteroatoms. The van der Waals surface area contributed by atoms with Crippen molar-refractivity contribution in [2.75, 3.05) is 119 Å². The third-order valence-electron chi connectivity index (χ3n) is 8.04. The molecule has 0 aliphatic heterocycles. The standard InChI is InChI=1S/C42H59NO12/c44-40(17-18-41(45)46)43-19-10-20-47-21-22-48-23-24-49-25-26-50-27-28-51-29-30-52-31-32-53-33-34-54-35-36-55-42(37-11-4-1-5-12-37,38-13-6-2-7-14-38)39-15-8-3-9-16-39/h1-9,11-16H,10,17-36H2,(H,43,44)(H,45,46). The number of rotatable bonds is 35. The quantitative estimate of drug-likeness (QED) is 0.0641. The van der Waals surface area contributed by atoms with E-state index in [1.165, 1.54) is 0 Å². The van der Waals surface area contributed by atoms with Gasteiger partial charge in [0.05, 0.1) is 112 Å².